The highest BCUT2D eigenvalue weighted by atomic mass is 16.6. The molecule has 0 radical (unpaired) electrons. The predicted molar refractivity (Wildman–Crippen MR) is 108 cm³/mol. The van der Waals surface area contributed by atoms with Crippen LogP contribution in [0.1, 0.15) is 23.2 Å². The lowest BCUT2D eigenvalue weighted by molar-refractivity contribution is -0.141. The Kier molecular flexibility index (Phi) is 5.93. The molecule has 1 saturated carbocycles. The van der Waals surface area contributed by atoms with E-state index in [0.29, 0.717) is 17.7 Å². The van der Waals surface area contributed by atoms with E-state index in [1.807, 2.05) is 24.3 Å². The van der Waals surface area contributed by atoms with Crippen molar-refractivity contribution in [3.8, 4) is 5.75 Å². The number of benzene rings is 2. The highest BCUT2D eigenvalue weighted by Gasteiger charge is 2.50. The molecule has 1 saturated heterocycles. The summed E-state index contributed by atoms with van der Waals surface area (Å²) in [6.45, 7) is -0.0920. The van der Waals surface area contributed by atoms with Gasteiger partial charge in [-0.1, -0.05) is 42.5 Å². The number of carbonyl (C=O) groups is 3. The zero-order chi connectivity index (χ0) is 20.9. The minimum absolute atomic E-state index is 0.0920. The summed E-state index contributed by atoms with van der Waals surface area (Å²) in [6, 6.07) is 17.8. The summed E-state index contributed by atoms with van der Waals surface area (Å²) in [5.74, 6) is -0.649. The number of hydrogen-bond donors (Lipinski definition) is 0. The van der Waals surface area contributed by atoms with Crippen molar-refractivity contribution in [3.63, 3.8) is 0 Å². The van der Waals surface area contributed by atoms with Crippen molar-refractivity contribution in [2.45, 2.75) is 25.0 Å². The molecular formula is C24H22O6. The third-order valence-corrected chi connectivity index (χ3v) is 5.45. The number of ether oxygens (including phenoxy) is 3. The second-order valence-electron chi connectivity index (χ2n) is 7.45. The van der Waals surface area contributed by atoms with Gasteiger partial charge in [-0.3, -0.25) is 9.59 Å². The Labute approximate surface area is 174 Å². The summed E-state index contributed by atoms with van der Waals surface area (Å²) < 4.78 is 16.6. The van der Waals surface area contributed by atoms with Gasteiger partial charge >= 0.3 is 11.9 Å². The van der Waals surface area contributed by atoms with Crippen molar-refractivity contribution >= 4 is 17.7 Å². The molecule has 0 amide bonds. The predicted octanol–water partition coefficient (Wildman–Crippen LogP) is 3.37. The summed E-state index contributed by atoms with van der Waals surface area (Å²) in [5.41, 5.74) is 0.460. The van der Waals surface area contributed by atoms with Crippen molar-refractivity contribution in [1.82, 2.24) is 0 Å². The van der Waals surface area contributed by atoms with E-state index in [9.17, 15) is 14.4 Å². The summed E-state index contributed by atoms with van der Waals surface area (Å²) in [6.07, 6.45) is 3.11. The summed E-state index contributed by atoms with van der Waals surface area (Å²) in [5, 5.41) is 0. The number of para-hydroxylation sites is 1. The molecule has 6 nitrogen and oxygen atoms in total. The molecular weight excluding hydrogens is 384 g/mol. The first-order valence-electron chi connectivity index (χ1n) is 9.94. The van der Waals surface area contributed by atoms with Crippen LogP contribution >= 0.6 is 0 Å². The molecule has 4 atom stereocenters. The Balaban J connectivity index is 1.42. The van der Waals surface area contributed by atoms with Crippen LogP contribution in [0.5, 0.6) is 5.75 Å². The van der Waals surface area contributed by atoms with Crippen LogP contribution in [0.15, 0.2) is 72.8 Å². The van der Waals surface area contributed by atoms with Gasteiger partial charge in [0, 0.05) is 18.3 Å². The smallest absolute Gasteiger partial charge is 0.338 e. The van der Waals surface area contributed by atoms with E-state index >= 15 is 0 Å². The molecule has 0 N–H and O–H groups in total. The van der Waals surface area contributed by atoms with E-state index in [2.05, 4.69) is 0 Å². The minimum atomic E-state index is -0.458. The third-order valence-electron chi connectivity index (χ3n) is 5.45. The zero-order valence-corrected chi connectivity index (χ0v) is 16.3. The maximum Gasteiger partial charge on any atom is 0.338 e. The molecule has 2 aromatic carbocycles. The van der Waals surface area contributed by atoms with E-state index in [-0.39, 0.29) is 42.7 Å². The fourth-order valence-corrected chi connectivity index (χ4v) is 4.01. The Hall–Kier alpha value is -3.41. The van der Waals surface area contributed by atoms with E-state index in [1.54, 1.807) is 42.5 Å². The average Bonchev–Trinajstić information content (AvgIpc) is 3.27. The molecule has 0 spiro atoms. The van der Waals surface area contributed by atoms with Crippen LogP contribution in [0.4, 0.5) is 0 Å². The lowest BCUT2D eigenvalue weighted by Gasteiger charge is -2.20. The number of hydrogen-bond acceptors (Lipinski definition) is 6. The van der Waals surface area contributed by atoms with E-state index < -0.39 is 12.1 Å². The van der Waals surface area contributed by atoms with Gasteiger partial charge in [-0.05, 0) is 30.3 Å². The minimum Gasteiger partial charge on any atom is -0.485 e. The number of ketones is 1. The maximum atomic E-state index is 12.5. The van der Waals surface area contributed by atoms with Crippen LogP contribution < -0.4 is 4.74 Å². The van der Waals surface area contributed by atoms with Gasteiger partial charge in [0.25, 0.3) is 0 Å². The molecule has 2 aliphatic rings. The molecule has 154 valence electrons. The fourth-order valence-electron chi connectivity index (χ4n) is 4.01. The average molecular weight is 406 g/mol. The van der Waals surface area contributed by atoms with Gasteiger partial charge in [0.1, 0.15) is 18.0 Å². The Morgan fingerprint density at radius 2 is 1.73 bits per heavy atom. The quantitative estimate of drug-likeness (QED) is 0.518. The van der Waals surface area contributed by atoms with Gasteiger partial charge in [0.05, 0.1) is 12.0 Å². The first kappa shape index (κ1) is 19.9. The van der Waals surface area contributed by atoms with Gasteiger partial charge in [-0.15, -0.1) is 0 Å². The maximum absolute atomic E-state index is 12.5. The first-order valence-corrected chi connectivity index (χ1v) is 9.94. The Morgan fingerprint density at radius 3 is 2.47 bits per heavy atom. The Bertz CT molecular complexity index is 937. The molecule has 1 heterocycles. The zero-order valence-electron chi connectivity index (χ0n) is 16.3. The summed E-state index contributed by atoms with van der Waals surface area (Å²) in [7, 11) is 0. The van der Waals surface area contributed by atoms with Crippen molar-refractivity contribution in [1.29, 1.82) is 0 Å². The number of rotatable bonds is 7. The molecule has 0 bridgehead atoms. The van der Waals surface area contributed by atoms with Gasteiger partial charge in [0.15, 0.2) is 12.4 Å². The van der Waals surface area contributed by atoms with Crippen LogP contribution in [0.25, 0.3) is 0 Å². The van der Waals surface area contributed by atoms with E-state index in [0.717, 1.165) is 0 Å². The van der Waals surface area contributed by atoms with Crippen LogP contribution in [0.2, 0.25) is 0 Å². The highest BCUT2D eigenvalue weighted by molar-refractivity contribution is 5.91. The SMILES string of the molecule is O=C(/C=C/C1C(OC(=O)c2ccccc2)CC2OC(=O)CC21)COc1ccccc1. The molecule has 30 heavy (non-hydrogen) atoms. The highest BCUT2D eigenvalue weighted by Crippen LogP contribution is 2.43. The second-order valence-corrected chi connectivity index (χ2v) is 7.45. The molecule has 2 aromatic rings. The molecule has 1 aliphatic heterocycles. The monoisotopic (exact) mass is 406 g/mol. The van der Waals surface area contributed by atoms with Gasteiger partial charge in [0.2, 0.25) is 0 Å². The third kappa shape index (κ3) is 4.59. The number of carbonyl (C=O) groups excluding carboxylic acids is 3. The normalized spacial score (nSPS) is 25.0. The standard InChI is InChI=1S/C24H22O6/c25-17(15-28-18-9-5-2-6-10-18)11-12-19-20-13-23(26)29-22(20)14-21(19)30-24(27)16-7-3-1-4-8-16/h1-12,19-22H,13-15H2/b12-11+. The lowest BCUT2D eigenvalue weighted by Crippen LogP contribution is -2.25. The second kappa shape index (κ2) is 8.95. The van der Waals surface area contributed by atoms with E-state index in [4.69, 9.17) is 14.2 Å². The van der Waals surface area contributed by atoms with E-state index in [1.165, 1.54) is 6.08 Å². The molecule has 2 fully saturated rings. The van der Waals surface area contributed by atoms with Crippen LogP contribution in [-0.4, -0.2) is 36.5 Å². The van der Waals surface area contributed by atoms with Gasteiger partial charge in [-0.2, -0.15) is 0 Å². The van der Waals surface area contributed by atoms with Crippen molar-refractivity contribution in [2.75, 3.05) is 6.61 Å². The van der Waals surface area contributed by atoms with Gasteiger partial charge < -0.3 is 14.2 Å². The Morgan fingerprint density at radius 1 is 1.03 bits per heavy atom. The van der Waals surface area contributed by atoms with Crippen LogP contribution in [-0.2, 0) is 19.1 Å². The summed E-state index contributed by atoms with van der Waals surface area (Å²) in [4.78, 5) is 36.5. The molecule has 4 rings (SSSR count). The molecule has 6 heteroatoms. The molecule has 4 unspecified atom stereocenters. The number of fused-ring (bicyclic) bond motifs is 1. The lowest BCUT2D eigenvalue weighted by atomic mass is 9.91. The van der Waals surface area contributed by atoms with Gasteiger partial charge in [-0.25, -0.2) is 4.79 Å². The first-order chi connectivity index (χ1) is 14.6. The largest absolute Gasteiger partial charge is 0.485 e. The van der Waals surface area contributed by atoms with Crippen molar-refractivity contribution in [2.24, 2.45) is 11.8 Å². The van der Waals surface area contributed by atoms with Crippen molar-refractivity contribution in [3.05, 3.63) is 78.4 Å². The van der Waals surface area contributed by atoms with Crippen molar-refractivity contribution < 1.29 is 28.6 Å². The summed E-state index contributed by atoms with van der Waals surface area (Å²) >= 11 is 0. The topological polar surface area (TPSA) is 78.9 Å². The molecule has 1 aliphatic carbocycles. The number of esters is 2. The van der Waals surface area contributed by atoms with Crippen LogP contribution in [0.3, 0.4) is 0 Å². The van der Waals surface area contributed by atoms with Crippen LogP contribution in [0, 0.1) is 11.8 Å². The fraction of sp³-hybridized carbons (Fsp3) is 0.292. The molecule has 0 aromatic heterocycles.